The summed E-state index contributed by atoms with van der Waals surface area (Å²) in [5.41, 5.74) is 6.26. The Morgan fingerprint density at radius 1 is 1.20 bits per heavy atom. The van der Waals surface area contributed by atoms with E-state index in [-0.39, 0.29) is 22.5 Å². The first-order chi connectivity index (χ1) is 12.0. The van der Waals surface area contributed by atoms with Crippen LogP contribution in [0, 0.1) is 12.7 Å². The Hall–Kier alpha value is -3.55. The molecule has 0 saturated carbocycles. The smallest absolute Gasteiger partial charge is 0.277 e. The number of carbonyl (C=O) groups excluding carboxylic acids is 2. The molecular formula is C17H14FN5O2. The van der Waals surface area contributed by atoms with Gasteiger partial charge in [0.1, 0.15) is 5.82 Å². The molecule has 0 fully saturated rings. The summed E-state index contributed by atoms with van der Waals surface area (Å²) in [4.78, 5) is 23.6. The summed E-state index contributed by atoms with van der Waals surface area (Å²) < 4.78 is 15.3. The van der Waals surface area contributed by atoms with Gasteiger partial charge in [-0.05, 0) is 31.2 Å². The zero-order valence-corrected chi connectivity index (χ0v) is 13.2. The summed E-state index contributed by atoms with van der Waals surface area (Å²) in [6.45, 7) is 1.48. The number of primary amides is 1. The number of aromatic nitrogens is 3. The molecule has 3 N–H and O–H groups in total. The van der Waals surface area contributed by atoms with E-state index in [1.165, 1.54) is 23.9 Å². The van der Waals surface area contributed by atoms with E-state index in [1.807, 2.05) is 30.3 Å². The molecule has 126 valence electrons. The zero-order valence-electron chi connectivity index (χ0n) is 13.2. The lowest BCUT2D eigenvalue weighted by Gasteiger charge is -2.09. The first kappa shape index (κ1) is 16.3. The average Bonchev–Trinajstić information content (AvgIpc) is 3.09. The second kappa shape index (κ2) is 6.52. The van der Waals surface area contributed by atoms with Gasteiger partial charge < -0.3 is 11.1 Å². The summed E-state index contributed by atoms with van der Waals surface area (Å²) in [7, 11) is 0. The van der Waals surface area contributed by atoms with Crippen molar-refractivity contribution in [3.63, 3.8) is 0 Å². The molecule has 0 unspecified atom stereocenters. The number of anilines is 1. The van der Waals surface area contributed by atoms with Crippen LogP contribution in [0.1, 0.15) is 26.4 Å². The topological polar surface area (TPSA) is 103 Å². The third kappa shape index (κ3) is 3.37. The molecule has 25 heavy (non-hydrogen) atoms. The number of carbonyl (C=O) groups is 2. The number of hydrogen-bond donors (Lipinski definition) is 2. The van der Waals surface area contributed by atoms with Crippen LogP contribution in [0.5, 0.6) is 0 Å². The Labute approximate surface area is 142 Å². The number of halogens is 1. The first-order valence-electron chi connectivity index (χ1n) is 7.35. The van der Waals surface area contributed by atoms with Crippen LogP contribution >= 0.6 is 0 Å². The van der Waals surface area contributed by atoms with Crippen molar-refractivity contribution in [3.8, 4) is 5.69 Å². The fourth-order valence-corrected chi connectivity index (χ4v) is 2.21. The summed E-state index contributed by atoms with van der Waals surface area (Å²) >= 11 is 0. The Morgan fingerprint density at radius 3 is 2.60 bits per heavy atom. The standard InChI is InChI=1S/C17H14FN5O2/c1-10-13(18)7-11(16(19)24)8-14(10)20-17(25)15-9-23(22-21-15)12-5-3-2-4-6-12/h2-9H,1H3,(H2,19,24)(H,20,25). The highest BCUT2D eigenvalue weighted by molar-refractivity contribution is 6.04. The van der Waals surface area contributed by atoms with Crippen LogP contribution in [-0.2, 0) is 0 Å². The van der Waals surface area contributed by atoms with Crippen molar-refractivity contribution < 1.29 is 14.0 Å². The minimum atomic E-state index is -0.788. The monoisotopic (exact) mass is 339 g/mol. The van der Waals surface area contributed by atoms with Crippen molar-refractivity contribution in [3.05, 3.63) is 71.3 Å². The molecule has 1 aromatic heterocycles. The molecule has 0 spiro atoms. The highest BCUT2D eigenvalue weighted by Gasteiger charge is 2.16. The number of nitrogens with two attached hydrogens (primary N) is 1. The Balaban J connectivity index is 1.86. The molecule has 0 saturated heterocycles. The molecule has 0 bridgehead atoms. The van der Waals surface area contributed by atoms with E-state index >= 15 is 0 Å². The molecule has 0 aliphatic carbocycles. The predicted molar refractivity (Wildman–Crippen MR) is 89.0 cm³/mol. The van der Waals surface area contributed by atoms with Crippen LogP contribution in [0.2, 0.25) is 0 Å². The van der Waals surface area contributed by atoms with Crippen LogP contribution < -0.4 is 11.1 Å². The summed E-state index contributed by atoms with van der Waals surface area (Å²) in [5.74, 6) is -2.00. The summed E-state index contributed by atoms with van der Waals surface area (Å²) in [5, 5.41) is 10.2. The Kier molecular flexibility index (Phi) is 4.25. The van der Waals surface area contributed by atoms with Gasteiger partial charge in [0.15, 0.2) is 5.69 Å². The van der Waals surface area contributed by atoms with Crippen molar-refractivity contribution in [2.75, 3.05) is 5.32 Å². The highest BCUT2D eigenvalue weighted by atomic mass is 19.1. The van der Waals surface area contributed by atoms with E-state index in [2.05, 4.69) is 15.6 Å². The van der Waals surface area contributed by atoms with E-state index in [4.69, 9.17) is 5.73 Å². The molecule has 2 aromatic carbocycles. The van der Waals surface area contributed by atoms with Crippen LogP contribution in [0.4, 0.5) is 10.1 Å². The Morgan fingerprint density at radius 2 is 1.92 bits per heavy atom. The quantitative estimate of drug-likeness (QED) is 0.759. The van der Waals surface area contributed by atoms with Gasteiger partial charge in [-0.1, -0.05) is 23.4 Å². The van der Waals surface area contributed by atoms with Crippen molar-refractivity contribution in [1.82, 2.24) is 15.0 Å². The van der Waals surface area contributed by atoms with Crippen LogP contribution in [0.15, 0.2) is 48.7 Å². The van der Waals surface area contributed by atoms with E-state index in [0.29, 0.717) is 0 Å². The van der Waals surface area contributed by atoms with Gasteiger partial charge in [-0.15, -0.1) is 5.10 Å². The molecule has 3 rings (SSSR count). The molecule has 0 radical (unpaired) electrons. The van der Waals surface area contributed by atoms with E-state index in [0.717, 1.165) is 11.8 Å². The van der Waals surface area contributed by atoms with Crippen LogP contribution in [-0.4, -0.2) is 26.8 Å². The van der Waals surface area contributed by atoms with Crippen molar-refractivity contribution in [1.29, 1.82) is 0 Å². The molecule has 1 heterocycles. The number of amides is 2. The van der Waals surface area contributed by atoms with Crippen molar-refractivity contribution in [2.24, 2.45) is 5.73 Å². The maximum Gasteiger partial charge on any atom is 0.277 e. The van der Waals surface area contributed by atoms with Gasteiger partial charge in [0.25, 0.3) is 5.91 Å². The lowest BCUT2D eigenvalue weighted by molar-refractivity contribution is 0.0995. The molecule has 7 nitrogen and oxygen atoms in total. The average molecular weight is 339 g/mol. The fraction of sp³-hybridized carbons (Fsp3) is 0.0588. The van der Waals surface area contributed by atoms with Crippen molar-refractivity contribution >= 4 is 17.5 Å². The molecule has 0 aliphatic rings. The van der Waals surface area contributed by atoms with E-state index in [9.17, 15) is 14.0 Å². The summed E-state index contributed by atoms with van der Waals surface area (Å²) in [6.07, 6.45) is 1.45. The molecule has 8 heteroatoms. The largest absolute Gasteiger partial charge is 0.366 e. The second-order valence-corrected chi connectivity index (χ2v) is 5.33. The van der Waals surface area contributed by atoms with Gasteiger partial charge in [-0.25, -0.2) is 9.07 Å². The number of para-hydroxylation sites is 1. The normalized spacial score (nSPS) is 10.5. The van der Waals surface area contributed by atoms with Crippen LogP contribution in [0.25, 0.3) is 5.69 Å². The van der Waals surface area contributed by atoms with Crippen molar-refractivity contribution in [2.45, 2.75) is 6.92 Å². The lowest BCUT2D eigenvalue weighted by Crippen LogP contribution is -2.16. The Bertz CT molecular complexity index is 953. The fourth-order valence-electron chi connectivity index (χ4n) is 2.21. The predicted octanol–water partition coefficient (Wildman–Crippen LogP) is 2.07. The minimum Gasteiger partial charge on any atom is -0.366 e. The van der Waals surface area contributed by atoms with Crippen LogP contribution in [0.3, 0.4) is 0 Å². The third-order valence-corrected chi connectivity index (χ3v) is 3.62. The van der Waals surface area contributed by atoms with Gasteiger partial charge >= 0.3 is 0 Å². The van der Waals surface area contributed by atoms with Gasteiger partial charge in [0.05, 0.1) is 11.9 Å². The molecule has 3 aromatic rings. The lowest BCUT2D eigenvalue weighted by atomic mass is 10.1. The number of rotatable bonds is 4. The molecule has 2 amide bonds. The van der Waals surface area contributed by atoms with Gasteiger partial charge in [0.2, 0.25) is 5.91 Å². The maximum atomic E-state index is 13.9. The second-order valence-electron chi connectivity index (χ2n) is 5.33. The van der Waals surface area contributed by atoms with Gasteiger partial charge in [-0.3, -0.25) is 9.59 Å². The number of hydrogen-bond acceptors (Lipinski definition) is 4. The molecule has 0 atom stereocenters. The SMILES string of the molecule is Cc1c(F)cc(C(N)=O)cc1NC(=O)c1cn(-c2ccccc2)nn1. The van der Waals surface area contributed by atoms with Gasteiger partial charge in [0, 0.05) is 16.8 Å². The number of nitrogens with one attached hydrogen (secondary N) is 1. The highest BCUT2D eigenvalue weighted by Crippen LogP contribution is 2.21. The molecular weight excluding hydrogens is 325 g/mol. The summed E-state index contributed by atoms with van der Waals surface area (Å²) in [6, 6.07) is 11.5. The number of benzene rings is 2. The maximum absolute atomic E-state index is 13.9. The minimum absolute atomic E-state index is 0.0358. The zero-order chi connectivity index (χ0) is 18.0. The van der Waals surface area contributed by atoms with E-state index in [1.54, 1.807) is 0 Å². The van der Waals surface area contributed by atoms with Gasteiger partial charge in [-0.2, -0.15) is 0 Å². The third-order valence-electron chi connectivity index (χ3n) is 3.62. The first-order valence-corrected chi connectivity index (χ1v) is 7.35. The number of nitrogens with zero attached hydrogens (tertiary/aromatic N) is 3. The molecule has 0 aliphatic heterocycles. The van der Waals surface area contributed by atoms with E-state index < -0.39 is 17.6 Å².